The van der Waals surface area contributed by atoms with Crippen LogP contribution in [0.5, 0.6) is 5.75 Å². The zero-order valence-electron chi connectivity index (χ0n) is 22.2. The van der Waals surface area contributed by atoms with Crippen molar-refractivity contribution in [2.75, 3.05) is 6.54 Å². The summed E-state index contributed by atoms with van der Waals surface area (Å²) in [7, 11) is 0. The second-order valence-corrected chi connectivity index (χ2v) is 9.32. The van der Waals surface area contributed by atoms with Gasteiger partial charge in [-0.3, -0.25) is 19.4 Å². The molecule has 216 valence electrons. The van der Waals surface area contributed by atoms with Gasteiger partial charge >= 0.3 is 5.97 Å². The molecular weight excluding hydrogens is 518 g/mol. The lowest BCUT2D eigenvalue weighted by atomic mass is 10.0. The Bertz CT molecular complexity index is 1170. The van der Waals surface area contributed by atoms with E-state index in [0.29, 0.717) is 17.5 Å². The van der Waals surface area contributed by atoms with Gasteiger partial charge in [0.25, 0.3) is 0 Å². The van der Waals surface area contributed by atoms with Gasteiger partial charge in [-0.1, -0.05) is 42.5 Å². The van der Waals surface area contributed by atoms with Crippen LogP contribution in [0.1, 0.15) is 30.9 Å². The minimum Gasteiger partial charge on any atom is -0.508 e. The molecule has 0 saturated heterocycles. The van der Waals surface area contributed by atoms with E-state index in [1.165, 1.54) is 19.1 Å². The molecule has 0 aliphatic heterocycles. The van der Waals surface area contributed by atoms with Crippen molar-refractivity contribution in [3.8, 4) is 5.75 Å². The van der Waals surface area contributed by atoms with Gasteiger partial charge in [0.1, 0.15) is 23.9 Å². The van der Waals surface area contributed by atoms with E-state index in [1.54, 1.807) is 42.5 Å². The van der Waals surface area contributed by atoms with Crippen molar-refractivity contribution in [2.24, 2.45) is 22.2 Å². The summed E-state index contributed by atoms with van der Waals surface area (Å²) in [4.78, 5) is 54.8. The molecule has 40 heavy (non-hydrogen) atoms. The first-order valence-electron chi connectivity index (χ1n) is 12.7. The summed E-state index contributed by atoms with van der Waals surface area (Å²) in [6, 6.07) is 10.4. The first kappa shape index (κ1) is 31.6. The van der Waals surface area contributed by atoms with Gasteiger partial charge in [-0.15, -0.1) is 0 Å². The summed E-state index contributed by atoms with van der Waals surface area (Å²) >= 11 is 0. The van der Waals surface area contributed by atoms with Crippen LogP contribution in [0.25, 0.3) is 0 Å². The van der Waals surface area contributed by atoms with Crippen molar-refractivity contribution in [1.82, 2.24) is 16.0 Å². The van der Waals surface area contributed by atoms with Gasteiger partial charge < -0.3 is 43.4 Å². The smallest absolute Gasteiger partial charge is 0.326 e. The van der Waals surface area contributed by atoms with Crippen LogP contribution in [0.2, 0.25) is 0 Å². The fourth-order valence-corrected chi connectivity index (χ4v) is 3.75. The largest absolute Gasteiger partial charge is 0.508 e. The molecule has 0 saturated carbocycles. The lowest BCUT2D eigenvalue weighted by molar-refractivity contribution is -0.142. The normalized spacial score (nSPS) is 13.7. The van der Waals surface area contributed by atoms with Crippen molar-refractivity contribution in [3.05, 3.63) is 65.7 Å². The lowest BCUT2D eigenvalue weighted by Gasteiger charge is -2.25. The molecule has 0 aromatic heterocycles. The van der Waals surface area contributed by atoms with E-state index >= 15 is 0 Å². The van der Waals surface area contributed by atoms with Crippen molar-refractivity contribution < 1.29 is 29.4 Å². The summed E-state index contributed by atoms with van der Waals surface area (Å²) in [5.74, 6) is -3.32. The fraction of sp³-hybridized carbons (Fsp3) is 0.370. The SMILES string of the molecule is CC(N)C(=O)NC(Cc1ccc(O)cc1)C(=O)NC(CCCN=C(N)N)C(=O)NC(Cc1ccccc1)C(=O)O. The number of guanidine groups is 1. The Hall–Kier alpha value is -4.65. The Morgan fingerprint density at radius 1 is 0.800 bits per heavy atom. The number of carboxylic acids is 1. The number of phenolic OH excluding ortho intramolecular Hbond substituents is 1. The maximum Gasteiger partial charge on any atom is 0.326 e. The molecule has 2 aromatic carbocycles. The molecule has 13 nitrogen and oxygen atoms in total. The van der Waals surface area contributed by atoms with Crippen molar-refractivity contribution in [1.29, 1.82) is 0 Å². The fourth-order valence-electron chi connectivity index (χ4n) is 3.75. The molecule has 0 heterocycles. The number of carbonyl (C=O) groups excluding carboxylic acids is 3. The topological polar surface area (TPSA) is 235 Å². The Balaban J connectivity index is 2.24. The van der Waals surface area contributed by atoms with E-state index in [1.807, 2.05) is 0 Å². The third-order valence-electron chi connectivity index (χ3n) is 5.90. The number of hydrogen-bond donors (Lipinski definition) is 8. The van der Waals surface area contributed by atoms with E-state index in [0.717, 1.165) is 0 Å². The Morgan fingerprint density at radius 3 is 1.90 bits per heavy atom. The molecule has 4 atom stereocenters. The molecule has 2 aromatic rings. The minimum atomic E-state index is -1.25. The Morgan fingerprint density at radius 2 is 1.32 bits per heavy atom. The molecule has 0 spiro atoms. The number of aliphatic imine (C=N–C) groups is 1. The zero-order valence-corrected chi connectivity index (χ0v) is 22.2. The van der Waals surface area contributed by atoms with Crippen molar-refractivity contribution in [2.45, 2.75) is 56.8 Å². The maximum atomic E-state index is 13.4. The van der Waals surface area contributed by atoms with Crippen LogP contribution in [-0.2, 0) is 32.0 Å². The van der Waals surface area contributed by atoms with Gasteiger partial charge in [0.15, 0.2) is 5.96 Å². The predicted molar refractivity (Wildman–Crippen MR) is 149 cm³/mol. The number of hydrogen-bond acceptors (Lipinski definition) is 7. The second kappa shape index (κ2) is 15.7. The zero-order chi connectivity index (χ0) is 29.7. The molecule has 3 amide bonds. The average molecular weight is 556 g/mol. The molecular formula is C27H37N7O6. The van der Waals surface area contributed by atoms with Crippen LogP contribution in [0, 0.1) is 0 Å². The number of amides is 3. The Kier molecular flexibility index (Phi) is 12.4. The third kappa shape index (κ3) is 11.0. The van der Waals surface area contributed by atoms with Crippen LogP contribution < -0.4 is 33.2 Å². The number of benzene rings is 2. The summed E-state index contributed by atoms with van der Waals surface area (Å²) in [6.45, 7) is 1.64. The van der Waals surface area contributed by atoms with E-state index in [2.05, 4.69) is 20.9 Å². The highest BCUT2D eigenvalue weighted by atomic mass is 16.4. The summed E-state index contributed by atoms with van der Waals surface area (Å²) in [5, 5.41) is 27.0. The highest BCUT2D eigenvalue weighted by Crippen LogP contribution is 2.12. The van der Waals surface area contributed by atoms with E-state index in [4.69, 9.17) is 17.2 Å². The average Bonchev–Trinajstić information content (AvgIpc) is 2.90. The molecule has 0 radical (unpaired) electrons. The number of nitrogens with two attached hydrogens (primary N) is 3. The Labute approximate surface area is 232 Å². The predicted octanol–water partition coefficient (Wildman–Crippen LogP) is -0.883. The van der Waals surface area contributed by atoms with Crippen LogP contribution in [-0.4, -0.2) is 70.6 Å². The summed E-state index contributed by atoms with van der Waals surface area (Å²) < 4.78 is 0. The van der Waals surface area contributed by atoms with Crippen molar-refractivity contribution >= 4 is 29.7 Å². The van der Waals surface area contributed by atoms with Gasteiger partial charge in [-0.25, -0.2) is 4.79 Å². The molecule has 2 rings (SSSR count). The van der Waals surface area contributed by atoms with Gasteiger partial charge in [0, 0.05) is 19.4 Å². The summed E-state index contributed by atoms with van der Waals surface area (Å²) in [5.41, 5.74) is 17.7. The number of aliphatic carboxylic acids is 1. The molecule has 4 unspecified atom stereocenters. The third-order valence-corrected chi connectivity index (χ3v) is 5.90. The van der Waals surface area contributed by atoms with Gasteiger partial charge in [0.05, 0.1) is 6.04 Å². The van der Waals surface area contributed by atoms with E-state index < -0.39 is 47.9 Å². The van der Waals surface area contributed by atoms with Crippen LogP contribution >= 0.6 is 0 Å². The highest BCUT2D eigenvalue weighted by Gasteiger charge is 2.30. The molecule has 0 aliphatic rings. The second-order valence-electron chi connectivity index (χ2n) is 9.32. The molecule has 11 N–H and O–H groups in total. The molecule has 0 fully saturated rings. The van der Waals surface area contributed by atoms with Gasteiger partial charge in [-0.2, -0.15) is 0 Å². The lowest BCUT2D eigenvalue weighted by Crippen LogP contribution is -2.57. The van der Waals surface area contributed by atoms with Crippen molar-refractivity contribution in [3.63, 3.8) is 0 Å². The number of rotatable bonds is 15. The standard InChI is InChI=1S/C27H37N7O6/c1-16(28)23(36)33-21(14-18-9-11-19(35)12-10-18)25(38)32-20(8-5-13-31-27(29)30)24(37)34-22(26(39)40)15-17-6-3-2-4-7-17/h2-4,6-7,9-12,16,20-22,35H,5,8,13-15,28H2,1H3,(H,32,38)(H,33,36)(H,34,37)(H,39,40)(H4,29,30,31). The first-order chi connectivity index (χ1) is 19.0. The minimum absolute atomic E-state index is 0.0322. The molecule has 13 heteroatoms. The van der Waals surface area contributed by atoms with Crippen LogP contribution in [0.4, 0.5) is 0 Å². The van der Waals surface area contributed by atoms with Crippen LogP contribution in [0.15, 0.2) is 59.6 Å². The molecule has 0 bridgehead atoms. The number of aromatic hydroxyl groups is 1. The number of nitrogens with zero attached hydrogens (tertiary/aromatic N) is 1. The first-order valence-corrected chi connectivity index (χ1v) is 12.7. The number of phenols is 1. The number of carboxylic acid groups (broad SMARTS) is 1. The maximum absolute atomic E-state index is 13.4. The summed E-state index contributed by atoms with van der Waals surface area (Å²) in [6.07, 6.45) is 0.448. The van der Waals surface area contributed by atoms with Gasteiger partial charge in [0.2, 0.25) is 17.7 Å². The van der Waals surface area contributed by atoms with E-state index in [9.17, 15) is 29.4 Å². The quantitative estimate of drug-likeness (QED) is 0.0772. The van der Waals surface area contributed by atoms with Crippen LogP contribution in [0.3, 0.4) is 0 Å². The number of carbonyl (C=O) groups is 4. The molecule has 0 aliphatic carbocycles. The van der Waals surface area contributed by atoms with Gasteiger partial charge in [-0.05, 0) is 43.0 Å². The highest BCUT2D eigenvalue weighted by molar-refractivity contribution is 5.94. The number of nitrogens with one attached hydrogen (secondary N) is 3. The van der Waals surface area contributed by atoms with E-state index in [-0.39, 0.29) is 37.5 Å². The monoisotopic (exact) mass is 555 g/mol.